The fourth-order valence-electron chi connectivity index (χ4n) is 2.60. The fourth-order valence-corrected chi connectivity index (χ4v) is 2.90. The van der Waals surface area contributed by atoms with Crippen LogP contribution in [-0.4, -0.2) is 24.5 Å². The van der Waals surface area contributed by atoms with Gasteiger partial charge in [-0.1, -0.05) is 41.9 Å². The van der Waals surface area contributed by atoms with Crippen molar-refractivity contribution in [1.29, 1.82) is 0 Å². The number of hydrogen-bond donors (Lipinski definition) is 0. The zero-order chi connectivity index (χ0) is 13.6. The molecular weight excluding hydrogens is 290 g/mol. The number of benzene rings is 1. The molecule has 3 heteroatoms. The second kappa shape index (κ2) is 4.44. The van der Waals surface area contributed by atoms with Crippen LogP contribution >= 0.6 is 15.9 Å². The van der Waals surface area contributed by atoms with Gasteiger partial charge in [0.25, 0.3) is 0 Å². The van der Waals surface area contributed by atoms with Crippen molar-refractivity contribution in [1.82, 2.24) is 0 Å². The molecule has 0 atom stereocenters. The second-order valence-corrected chi connectivity index (χ2v) is 6.95. The number of ether oxygens (including phenoxy) is 1. The topological polar surface area (TPSA) is 12.5 Å². The highest BCUT2D eigenvalue weighted by atomic mass is 79.9. The monoisotopic (exact) mass is 311 g/mol. The van der Waals surface area contributed by atoms with Crippen LogP contribution in [-0.2, 0) is 5.41 Å². The zero-order valence-electron chi connectivity index (χ0n) is 11.9. The summed E-state index contributed by atoms with van der Waals surface area (Å²) in [6.07, 6.45) is 0. The second-order valence-electron chi connectivity index (χ2n) is 6.39. The van der Waals surface area contributed by atoms with Crippen molar-refractivity contribution in [2.24, 2.45) is 0 Å². The number of nitrogens with zero attached hydrogens (tertiary/aromatic N) is 1. The number of halogens is 1. The molecule has 1 aliphatic heterocycles. The van der Waals surface area contributed by atoms with E-state index < -0.39 is 0 Å². The number of para-hydroxylation sites is 1. The Hall–Kier alpha value is -0.700. The Kier molecular flexibility index (Phi) is 3.39. The number of anilines is 1. The fraction of sp³-hybridized carbons (Fsp3) is 0.600. The SMILES string of the molecule is CN1CC(C)(C)Oc2cccc(C(C)(C)CBr)c21. The molecule has 2 nitrogen and oxygen atoms in total. The molecule has 0 fully saturated rings. The van der Waals surface area contributed by atoms with Crippen LogP contribution < -0.4 is 9.64 Å². The van der Waals surface area contributed by atoms with E-state index in [1.165, 1.54) is 11.3 Å². The summed E-state index contributed by atoms with van der Waals surface area (Å²) in [5.41, 5.74) is 2.56. The summed E-state index contributed by atoms with van der Waals surface area (Å²) in [7, 11) is 2.15. The molecule has 18 heavy (non-hydrogen) atoms. The van der Waals surface area contributed by atoms with Gasteiger partial charge in [-0.05, 0) is 25.5 Å². The smallest absolute Gasteiger partial charge is 0.143 e. The molecule has 100 valence electrons. The Morgan fingerprint density at radius 1 is 1.39 bits per heavy atom. The van der Waals surface area contributed by atoms with E-state index in [0.29, 0.717) is 0 Å². The highest BCUT2D eigenvalue weighted by molar-refractivity contribution is 9.09. The predicted molar refractivity (Wildman–Crippen MR) is 81.2 cm³/mol. The van der Waals surface area contributed by atoms with E-state index in [9.17, 15) is 0 Å². The number of likely N-dealkylation sites (N-methyl/N-ethyl adjacent to an activating group) is 1. The molecule has 1 aliphatic rings. The Morgan fingerprint density at radius 3 is 2.67 bits per heavy atom. The van der Waals surface area contributed by atoms with E-state index in [2.05, 4.69) is 73.8 Å². The quantitative estimate of drug-likeness (QED) is 0.766. The molecule has 1 aromatic rings. The Labute approximate surface area is 118 Å². The van der Waals surface area contributed by atoms with Crippen LogP contribution in [0.5, 0.6) is 5.75 Å². The summed E-state index contributed by atoms with van der Waals surface area (Å²) in [4.78, 5) is 2.32. The highest BCUT2D eigenvalue weighted by Crippen LogP contribution is 2.43. The largest absolute Gasteiger partial charge is 0.484 e. The number of fused-ring (bicyclic) bond motifs is 1. The van der Waals surface area contributed by atoms with Gasteiger partial charge in [-0.2, -0.15) is 0 Å². The molecule has 0 radical (unpaired) electrons. The van der Waals surface area contributed by atoms with E-state index >= 15 is 0 Å². The van der Waals surface area contributed by atoms with Crippen LogP contribution in [0.2, 0.25) is 0 Å². The highest BCUT2D eigenvalue weighted by Gasteiger charge is 2.34. The molecular formula is C15H22BrNO. The van der Waals surface area contributed by atoms with Gasteiger partial charge in [0.1, 0.15) is 11.4 Å². The third-order valence-electron chi connectivity index (χ3n) is 3.45. The maximum absolute atomic E-state index is 6.11. The lowest BCUT2D eigenvalue weighted by Gasteiger charge is -2.42. The third-order valence-corrected chi connectivity index (χ3v) is 4.85. The van der Waals surface area contributed by atoms with Gasteiger partial charge >= 0.3 is 0 Å². The van der Waals surface area contributed by atoms with Crippen molar-refractivity contribution < 1.29 is 4.74 Å². The van der Waals surface area contributed by atoms with Crippen molar-refractivity contribution in [2.45, 2.75) is 38.7 Å². The van der Waals surface area contributed by atoms with Gasteiger partial charge < -0.3 is 9.64 Å². The maximum atomic E-state index is 6.11. The maximum Gasteiger partial charge on any atom is 0.143 e. The van der Waals surface area contributed by atoms with Crippen molar-refractivity contribution >= 4 is 21.6 Å². The molecule has 1 aromatic carbocycles. The van der Waals surface area contributed by atoms with Crippen molar-refractivity contribution in [3.05, 3.63) is 23.8 Å². The van der Waals surface area contributed by atoms with Crippen LogP contribution in [0.25, 0.3) is 0 Å². The summed E-state index contributed by atoms with van der Waals surface area (Å²) in [5.74, 6) is 1.00. The molecule has 0 saturated heterocycles. The minimum atomic E-state index is -0.126. The summed E-state index contributed by atoms with van der Waals surface area (Å²) in [6.45, 7) is 9.69. The molecule has 0 saturated carbocycles. The van der Waals surface area contributed by atoms with Gasteiger partial charge in [0.2, 0.25) is 0 Å². The summed E-state index contributed by atoms with van der Waals surface area (Å²) in [5, 5.41) is 0.938. The molecule has 2 rings (SSSR count). The zero-order valence-corrected chi connectivity index (χ0v) is 13.5. The average Bonchev–Trinajstić information content (AvgIpc) is 2.26. The van der Waals surface area contributed by atoms with Crippen molar-refractivity contribution in [2.75, 3.05) is 23.8 Å². The molecule has 0 bridgehead atoms. The van der Waals surface area contributed by atoms with Gasteiger partial charge in [-0.15, -0.1) is 0 Å². The van der Waals surface area contributed by atoms with E-state index in [0.717, 1.165) is 17.6 Å². The molecule has 0 spiro atoms. The Balaban J connectivity index is 2.55. The predicted octanol–water partition coefficient (Wildman–Crippen LogP) is 3.97. The Bertz CT molecular complexity index is 454. The van der Waals surface area contributed by atoms with Crippen LogP contribution in [0.4, 0.5) is 5.69 Å². The van der Waals surface area contributed by atoms with Crippen molar-refractivity contribution in [3.63, 3.8) is 0 Å². The van der Waals surface area contributed by atoms with E-state index in [1.807, 2.05) is 0 Å². The average molecular weight is 312 g/mol. The molecule has 0 N–H and O–H groups in total. The summed E-state index contributed by atoms with van der Waals surface area (Å²) in [6, 6.07) is 6.37. The number of alkyl halides is 1. The number of hydrogen-bond acceptors (Lipinski definition) is 2. The van der Waals surface area contributed by atoms with Gasteiger partial charge in [-0.3, -0.25) is 0 Å². The summed E-state index contributed by atoms with van der Waals surface area (Å²) >= 11 is 3.62. The first kappa shape index (κ1) is 13.7. The molecule has 1 heterocycles. The first-order valence-electron chi connectivity index (χ1n) is 6.36. The Morgan fingerprint density at radius 2 is 2.06 bits per heavy atom. The van der Waals surface area contributed by atoms with Crippen molar-refractivity contribution in [3.8, 4) is 5.75 Å². The van der Waals surface area contributed by atoms with Crippen LogP contribution in [0, 0.1) is 0 Å². The van der Waals surface area contributed by atoms with E-state index in [-0.39, 0.29) is 11.0 Å². The standard InChI is InChI=1S/C15H22BrNO/c1-14(2,9-16)11-7-6-8-12-13(11)17(5)10-15(3,4)18-12/h6-8H,9-10H2,1-5H3. The lowest BCUT2D eigenvalue weighted by atomic mass is 9.84. The van der Waals surface area contributed by atoms with Crippen LogP contribution in [0.15, 0.2) is 18.2 Å². The number of rotatable bonds is 2. The third kappa shape index (κ3) is 2.37. The molecule has 0 unspecified atom stereocenters. The molecule has 0 aliphatic carbocycles. The molecule has 0 aromatic heterocycles. The van der Waals surface area contributed by atoms with E-state index in [1.54, 1.807) is 0 Å². The minimum absolute atomic E-state index is 0.102. The molecule has 0 amide bonds. The van der Waals surface area contributed by atoms with E-state index in [4.69, 9.17) is 4.74 Å². The van der Waals surface area contributed by atoms with Crippen LogP contribution in [0.1, 0.15) is 33.3 Å². The van der Waals surface area contributed by atoms with Gasteiger partial charge in [0, 0.05) is 17.8 Å². The first-order chi connectivity index (χ1) is 8.27. The first-order valence-corrected chi connectivity index (χ1v) is 7.49. The van der Waals surface area contributed by atoms with Gasteiger partial charge in [0.05, 0.1) is 12.2 Å². The lowest BCUT2D eigenvalue weighted by Crippen LogP contribution is -2.46. The van der Waals surface area contributed by atoms with Crippen LogP contribution in [0.3, 0.4) is 0 Å². The minimum Gasteiger partial charge on any atom is -0.484 e. The normalized spacial score (nSPS) is 18.2. The lowest BCUT2D eigenvalue weighted by molar-refractivity contribution is 0.106. The summed E-state index contributed by atoms with van der Waals surface area (Å²) < 4.78 is 6.11. The van der Waals surface area contributed by atoms with Gasteiger partial charge in [0.15, 0.2) is 0 Å². The van der Waals surface area contributed by atoms with Gasteiger partial charge in [-0.25, -0.2) is 0 Å².